The van der Waals surface area contributed by atoms with Crippen molar-refractivity contribution in [3.63, 3.8) is 0 Å². The molecule has 0 spiro atoms. The first-order valence-electron chi connectivity index (χ1n) is 4.68. The standard InChI is InChI=1S/C10H11N3O4/c1-17-9(14)4-2-3-7-5-8(13(15)16)6-12-10(7)11/h2-3,5-6H,4H2,1H3,(H2,11,12). The number of hydrogen-bond acceptors (Lipinski definition) is 6. The first kappa shape index (κ1) is 12.6. The number of methoxy groups -OCH3 is 1. The second-order valence-corrected chi connectivity index (χ2v) is 3.11. The zero-order valence-electron chi connectivity index (χ0n) is 9.12. The van der Waals surface area contributed by atoms with Crippen molar-refractivity contribution in [1.29, 1.82) is 0 Å². The number of carbonyl (C=O) groups excluding carboxylic acids is 1. The summed E-state index contributed by atoms with van der Waals surface area (Å²) in [5, 5.41) is 10.5. The van der Waals surface area contributed by atoms with Gasteiger partial charge in [0.1, 0.15) is 12.0 Å². The number of esters is 1. The van der Waals surface area contributed by atoms with Gasteiger partial charge in [-0.25, -0.2) is 4.98 Å². The fourth-order valence-corrected chi connectivity index (χ4v) is 1.08. The normalized spacial score (nSPS) is 10.4. The third-order valence-corrected chi connectivity index (χ3v) is 1.96. The van der Waals surface area contributed by atoms with Crippen molar-refractivity contribution in [2.45, 2.75) is 6.42 Å². The molecule has 0 aliphatic rings. The van der Waals surface area contributed by atoms with Crippen molar-refractivity contribution in [2.24, 2.45) is 0 Å². The number of aromatic nitrogens is 1. The number of ether oxygens (including phenoxy) is 1. The van der Waals surface area contributed by atoms with Crippen LogP contribution in [0.4, 0.5) is 11.5 Å². The van der Waals surface area contributed by atoms with Crippen LogP contribution in [0.15, 0.2) is 18.3 Å². The summed E-state index contributed by atoms with van der Waals surface area (Å²) in [6, 6.07) is 1.29. The summed E-state index contributed by atoms with van der Waals surface area (Å²) >= 11 is 0. The van der Waals surface area contributed by atoms with Gasteiger partial charge < -0.3 is 10.5 Å². The third kappa shape index (κ3) is 3.56. The summed E-state index contributed by atoms with van der Waals surface area (Å²) in [6.07, 6.45) is 4.14. The molecule has 90 valence electrons. The first-order chi connectivity index (χ1) is 8.04. The highest BCUT2D eigenvalue weighted by Gasteiger charge is 2.08. The lowest BCUT2D eigenvalue weighted by Gasteiger charge is -1.99. The number of nitrogens with two attached hydrogens (primary N) is 1. The second-order valence-electron chi connectivity index (χ2n) is 3.11. The molecule has 0 aromatic carbocycles. The molecular formula is C10H11N3O4. The van der Waals surface area contributed by atoms with E-state index < -0.39 is 10.9 Å². The Hall–Kier alpha value is -2.44. The molecule has 1 aromatic rings. The lowest BCUT2D eigenvalue weighted by molar-refractivity contribution is -0.385. The van der Waals surface area contributed by atoms with Crippen molar-refractivity contribution in [3.8, 4) is 0 Å². The fraction of sp³-hybridized carbons (Fsp3) is 0.200. The van der Waals surface area contributed by atoms with Crippen LogP contribution in [0.1, 0.15) is 12.0 Å². The van der Waals surface area contributed by atoms with Gasteiger partial charge in [0.15, 0.2) is 0 Å². The number of nitrogen functional groups attached to an aromatic ring is 1. The number of hydrogen-bond donors (Lipinski definition) is 1. The SMILES string of the molecule is COC(=O)CC=Cc1cc([N+](=O)[O-])cnc1N. The Balaban J connectivity index is 2.86. The van der Waals surface area contributed by atoms with Crippen LogP contribution in [0.2, 0.25) is 0 Å². The van der Waals surface area contributed by atoms with Crippen LogP contribution in [-0.2, 0) is 9.53 Å². The monoisotopic (exact) mass is 237 g/mol. The van der Waals surface area contributed by atoms with Gasteiger partial charge >= 0.3 is 5.97 Å². The van der Waals surface area contributed by atoms with Gasteiger partial charge in [-0.15, -0.1) is 0 Å². The lowest BCUT2D eigenvalue weighted by atomic mass is 10.2. The van der Waals surface area contributed by atoms with Gasteiger partial charge in [-0.3, -0.25) is 14.9 Å². The molecule has 0 bridgehead atoms. The van der Waals surface area contributed by atoms with Crippen LogP contribution >= 0.6 is 0 Å². The summed E-state index contributed by atoms with van der Waals surface area (Å²) in [4.78, 5) is 24.5. The summed E-state index contributed by atoms with van der Waals surface area (Å²) in [5.41, 5.74) is 5.77. The number of pyridine rings is 1. The van der Waals surface area contributed by atoms with Gasteiger partial charge in [-0.1, -0.05) is 12.2 Å². The predicted molar refractivity (Wildman–Crippen MR) is 61.0 cm³/mol. The molecule has 7 heteroatoms. The number of rotatable bonds is 4. The van der Waals surface area contributed by atoms with E-state index in [9.17, 15) is 14.9 Å². The van der Waals surface area contributed by atoms with Crippen molar-refractivity contribution in [1.82, 2.24) is 4.98 Å². The molecule has 1 heterocycles. The Kier molecular flexibility index (Phi) is 4.15. The minimum Gasteiger partial charge on any atom is -0.469 e. The Morgan fingerprint density at radius 3 is 3.00 bits per heavy atom. The van der Waals surface area contributed by atoms with Crippen molar-refractivity contribution >= 4 is 23.6 Å². The quantitative estimate of drug-likeness (QED) is 0.478. The molecular weight excluding hydrogens is 226 g/mol. The highest BCUT2D eigenvalue weighted by atomic mass is 16.6. The van der Waals surface area contributed by atoms with E-state index in [1.54, 1.807) is 0 Å². The average Bonchev–Trinajstić information content (AvgIpc) is 2.30. The smallest absolute Gasteiger partial charge is 0.309 e. The largest absolute Gasteiger partial charge is 0.469 e. The van der Waals surface area contributed by atoms with E-state index in [0.717, 1.165) is 6.20 Å². The third-order valence-electron chi connectivity index (χ3n) is 1.96. The minimum absolute atomic E-state index is 0.0681. The Bertz CT molecular complexity index is 471. The van der Waals surface area contributed by atoms with E-state index in [-0.39, 0.29) is 17.9 Å². The fourth-order valence-electron chi connectivity index (χ4n) is 1.08. The second kappa shape index (κ2) is 5.59. The minimum atomic E-state index is -0.565. The number of nitrogens with zero attached hydrogens (tertiary/aromatic N) is 2. The van der Waals surface area contributed by atoms with E-state index in [2.05, 4.69) is 9.72 Å². The number of carbonyl (C=O) groups is 1. The Morgan fingerprint density at radius 1 is 1.71 bits per heavy atom. The Labute approximate surface area is 97.1 Å². The molecule has 0 saturated carbocycles. The molecule has 2 N–H and O–H groups in total. The van der Waals surface area contributed by atoms with Crippen LogP contribution < -0.4 is 5.73 Å². The molecule has 7 nitrogen and oxygen atoms in total. The highest BCUT2D eigenvalue weighted by Crippen LogP contribution is 2.18. The summed E-state index contributed by atoms with van der Waals surface area (Å²) < 4.78 is 4.44. The van der Waals surface area contributed by atoms with Crippen molar-refractivity contribution in [3.05, 3.63) is 34.0 Å². The van der Waals surface area contributed by atoms with Gasteiger partial charge in [0.2, 0.25) is 0 Å². The van der Waals surface area contributed by atoms with Crippen LogP contribution in [-0.4, -0.2) is 23.0 Å². The summed E-state index contributed by atoms with van der Waals surface area (Å²) in [6.45, 7) is 0. The maximum absolute atomic E-state index is 10.8. The van der Waals surface area contributed by atoms with E-state index >= 15 is 0 Å². The summed E-state index contributed by atoms with van der Waals surface area (Å²) in [7, 11) is 1.28. The van der Waals surface area contributed by atoms with Crippen molar-refractivity contribution < 1.29 is 14.5 Å². The number of nitro groups is 1. The van der Waals surface area contributed by atoms with E-state index in [4.69, 9.17) is 5.73 Å². The molecule has 0 aliphatic heterocycles. The average molecular weight is 237 g/mol. The lowest BCUT2D eigenvalue weighted by Crippen LogP contribution is -1.98. The molecule has 1 rings (SSSR count). The van der Waals surface area contributed by atoms with Gasteiger partial charge in [0, 0.05) is 11.6 Å². The van der Waals surface area contributed by atoms with Crippen LogP contribution in [0.25, 0.3) is 6.08 Å². The molecule has 0 amide bonds. The van der Waals surface area contributed by atoms with Crippen LogP contribution in [0, 0.1) is 10.1 Å². The van der Waals surface area contributed by atoms with E-state index in [0.29, 0.717) is 5.56 Å². The molecule has 0 aliphatic carbocycles. The van der Waals surface area contributed by atoms with E-state index in [1.807, 2.05) is 0 Å². The van der Waals surface area contributed by atoms with Crippen LogP contribution in [0.5, 0.6) is 0 Å². The molecule has 1 aromatic heterocycles. The molecule has 0 saturated heterocycles. The van der Waals surface area contributed by atoms with Gasteiger partial charge in [0.25, 0.3) is 5.69 Å². The zero-order chi connectivity index (χ0) is 12.8. The Morgan fingerprint density at radius 2 is 2.41 bits per heavy atom. The first-order valence-corrected chi connectivity index (χ1v) is 4.68. The van der Waals surface area contributed by atoms with Crippen molar-refractivity contribution in [2.75, 3.05) is 12.8 Å². The maximum Gasteiger partial charge on any atom is 0.309 e. The van der Waals surface area contributed by atoms with Gasteiger partial charge in [-0.2, -0.15) is 0 Å². The number of anilines is 1. The molecule has 0 radical (unpaired) electrons. The summed E-state index contributed by atoms with van der Waals surface area (Å²) in [5.74, 6) is -0.241. The van der Waals surface area contributed by atoms with E-state index in [1.165, 1.54) is 25.3 Å². The van der Waals surface area contributed by atoms with Gasteiger partial charge in [-0.05, 0) is 0 Å². The maximum atomic E-state index is 10.8. The molecule has 0 unspecified atom stereocenters. The topological polar surface area (TPSA) is 108 Å². The van der Waals surface area contributed by atoms with Gasteiger partial charge in [0.05, 0.1) is 18.5 Å². The predicted octanol–water partition coefficient (Wildman–Crippen LogP) is 1.15. The molecule has 0 atom stereocenters. The highest BCUT2D eigenvalue weighted by molar-refractivity contribution is 5.73. The van der Waals surface area contributed by atoms with Crippen LogP contribution in [0.3, 0.4) is 0 Å². The molecule has 0 fully saturated rings. The zero-order valence-corrected chi connectivity index (χ0v) is 9.12. The molecule has 17 heavy (non-hydrogen) atoms.